The lowest BCUT2D eigenvalue weighted by Gasteiger charge is -2.25. The second-order valence-corrected chi connectivity index (χ2v) is 7.92. The minimum absolute atomic E-state index is 0.0477. The molecule has 0 aliphatic heterocycles. The van der Waals surface area contributed by atoms with Crippen LogP contribution < -0.4 is 21.7 Å². The standard InChI is InChI=1S/C22H31N5O6/c1-4-19(29)25-16(11-13(2)3)20(30)27-17(12-14-7-9-24-10-8-14)21(31)26-15(22(32)33)5-6-18(23)28/h4,7-10,13,15-17H,1,5-6,11-12H2,2-3H3,(H2,23,28)(H,25,29)(H,26,31)(H,27,30)(H,32,33)/t15-,16-,17-/m0/s1. The summed E-state index contributed by atoms with van der Waals surface area (Å²) in [6.45, 7) is 7.12. The van der Waals surface area contributed by atoms with E-state index in [0.29, 0.717) is 12.0 Å². The van der Waals surface area contributed by atoms with Gasteiger partial charge in [0.1, 0.15) is 18.1 Å². The van der Waals surface area contributed by atoms with E-state index in [1.54, 1.807) is 12.1 Å². The van der Waals surface area contributed by atoms with Gasteiger partial charge in [0.15, 0.2) is 0 Å². The van der Waals surface area contributed by atoms with Crippen LogP contribution in [0.5, 0.6) is 0 Å². The van der Waals surface area contributed by atoms with Crippen LogP contribution in [0.3, 0.4) is 0 Å². The summed E-state index contributed by atoms with van der Waals surface area (Å²) in [5, 5.41) is 16.9. The van der Waals surface area contributed by atoms with Crippen molar-refractivity contribution in [3.05, 3.63) is 42.7 Å². The monoisotopic (exact) mass is 461 g/mol. The normalized spacial score (nSPS) is 13.3. The average Bonchev–Trinajstić information content (AvgIpc) is 2.75. The zero-order valence-electron chi connectivity index (χ0n) is 18.7. The van der Waals surface area contributed by atoms with Crippen LogP contribution in [0.2, 0.25) is 0 Å². The summed E-state index contributed by atoms with van der Waals surface area (Å²) in [6, 6.07) is -0.133. The lowest BCUT2D eigenvalue weighted by molar-refractivity contribution is -0.142. The molecule has 0 aliphatic rings. The predicted octanol–water partition coefficient (Wildman–Crippen LogP) is -0.339. The van der Waals surface area contributed by atoms with Crippen LogP contribution in [-0.2, 0) is 30.4 Å². The van der Waals surface area contributed by atoms with Crippen LogP contribution in [0, 0.1) is 5.92 Å². The van der Waals surface area contributed by atoms with Gasteiger partial charge in [0, 0.05) is 25.2 Å². The van der Waals surface area contributed by atoms with Crippen molar-refractivity contribution in [2.24, 2.45) is 11.7 Å². The maximum Gasteiger partial charge on any atom is 0.326 e. The summed E-state index contributed by atoms with van der Waals surface area (Å²) in [7, 11) is 0. The molecule has 1 aromatic heterocycles. The molecular formula is C22H31N5O6. The zero-order valence-corrected chi connectivity index (χ0v) is 18.7. The minimum atomic E-state index is -1.37. The number of carbonyl (C=O) groups excluding carboxylic acids is 4. The van der Waals surface area contributed by atoms with Gasteiger partial charge in [0.2, 0.25) is 23.6 Å². The van der Waals surface area contributed by atoms with Crippen LogP contribution in [0.15, 0.2) is 37.2 Å². The van der Waals surface area contributed by atoms with E-state index >= 15 is 0 Å². The summed E-state index contributed by atoms with van der Waals surface area (Å²) in [5.41, 5.74) is 5.75. The van der Waals surface area contributed by atoms with Crippen molar-refractivity contribution in [3.8, 4) is 0 Å². The van der Waals surface area contributed by atoms with E-state index in [-0.39, 0.29) is 25.2 Å². The Morgan fingerprint density at radius 2 is 1.61 bits per heavy atom. The van der Waals surface area contributed by atoms with E-state index in [1.165, 1.54) is 12.4 Å². The Morgan fingerprint density at radius 3 is 2.12 bits per heavy atom. The van der Waals surface area contributed by atoms with Gasteiger partial charge in [-0.05, 0) is 42.5 Å². The number of hydrogen-bond donors (Lipinski definition) is 5. The average molecular weight is 462 g/mol. The molecule has 0 bridgehead atoms. The van der Waals surface area contributed by atoms with Crippen LogP contribution >= 0.6 is 0 Å². The molecule has 180 valence electrons. The van der Waals surface area contributed by atoms with E-state index in [4.69, 9.17) is 5.73 Å². The van der Waals surface area contributed by atoms with Crippen LogP contribution in [0.1, 0.15) is 38.7 Å². The number of carboxylic acid groups (broad SMARTS) is 1. The molecule has 11 nitrogen and oxygen atoms in total. The van der Waals surface area contributed by atoms with Gasteiger partial charge < -0.3 is 26.8 Å². The molecule has 3 atom stereocenters. The van der Waals surface area contributed by atoms with E-state index < -0.39 is 47.7 Å². The second-order valence-electron chi connectivity index (χ2n) is 7.92. The maximum atomic E-state index is 12.9. The van der Waals surface area contributed by atoms with Gasteiger partial charge in [-0.25, -0.2) is 4.79 Å². The number of aromatic nitrogens is 1. The van der Waals surface area contributed by atoms with Crippen molar-refractivity contribution < 1.29 is 29.1 Å². The molecule has 11 heteroatoms. The number of amides is 4. The highest BCUT2D eigenvalue weighted by Gasteiger charge is 2.30. The van der Waals surface area contributed by atoms with Crippen LogP contribution in [0.4, 0.5) is 0 Å². The van der Waals surface area contributed by atoms with E-state index in [9.17, 15) is 29.1 Å². The summed E-state index contributed by atoms with van der Waals surface area (Å²) in [6.07, 6.45) is 4.01. The van der Waals surface area contributed by atoms with Gasteiger partial charge in [-0.3, -0.25) is 24.2 Å². The van der Waals surface area contributed by atoms with Gasteiger partial charge in [-0.15, -0.1) is 0 Å². The minimum Gasteiger partial charge on any atom is -0.480 e. The first-order chi connectivity index (χ1) is 15.5. The van der Waals surface area contributed by atoms with Gasteiger partial charge in [0.25, 0.3) is 0 Å². The third-order valence-electron chi connectivity index (χ3n) is 4.64. The molecule has 0 saturated heterocycles. The molecule has 33 heavy (non-hydrogen) atoms. The Bertz CT molecular complexity index is 858. The molecule has 1 aromatic rings. The van der Waals surface area contributed by atoms with Gasteiger partial charge in [-0.2, -0.15) is 0 Å². The fourth-order valence-electron chi connectivity index (χ4n) is 2.99. The molecule has 1 rings (SSSR count). The Labute approximate surface area is 192 Å². The van der Waals surface area contributed by atoms with Crippen molar-refractivity contribution in [3.63, 3.8) is 0 Å². The Balaban J connectivity index is 3.08. The van der Waals surface area contributed by atoms with Crippen molar-refractivity contribution in [1.82, 2.24) is 20.9 Å². The Hall–Kier alpha value is -3.76. The van der Waals surface area contributed by atoms with Crippen molar-refractivity contribution in [1.29, 1.82) is 0 Å². The number of primary amides is 1. The first kappa shape index (κ1) is 27.3. The second kappa shape index (κ2) is 13.6. The number of aliphatic carboxylic acids is 1. The molecular weight excluding hydrogens is 430 g/mol. The van der Waals surface area contributed by atoms with E-state index in [0.717, 1.165) is 6.08 Å². The topological polar surface area (TPSA) is 181 Å². The molecule has 6 N–H and O–H groups in total. The third kappa shape index (κ3) is 10.4. The fourth-order valence-corrected chi connectivity index (χ4v) is 2.99. The zero-order chi connectivity index (χ0) is 25.0. The maximum absolute atomic E-state index is 12.9. The molecule has 4 amide bonds. The number of carbonyl (C=O) groups is 5. The molecule has 0 aliphatic carbocycles. The Morgan fingerprint density at radius 1 is 1.03 bits per heavy atom. The van der Waals surface area contributed by atoms with E-state index in [1.807, 2.05) is 13.8 Å². The lowest BCUT2D eigenvalue weighted by Crippen LogP contribution is -2.56. The number of nitrogens with zero attached hydrogens (tertiary/aromatic N) is 1. The lowest BCUT2D eigenvalue weighted by atomic mass is 10.0. The largest absolute Gasteiger partial charge is 0.480 e. The summed E-state index contributed by atoms with van der Waals surface area (Å²) in [4.78, 5) is 64.1. The number of nitrogens with one attached hydrogen (secondary N) is 3. The van der Waals surface area contributed by atoms with Gasteiger partial charge >= 0.3 is 5.97 Å². The van der Waals surface area contributed by atoms with Crippen LogP contribution in [0.25, 0.3) is 0 Å². The highest BCUT2D eigenvalue weighted by Crippen LogP contribution is 2.08. The fraction of sp³-hybridized carbons (Fsp3) is 0.455. The number of pyridine rings is 1. The van der Waals surface area contributed by atoms with Crippen molar-refractivity contribution in [2.75, 3.05) is 0 Å². The number of rotatable bonds is 14. The number of nitrogens with two attached hydrogens (primary N) is 1. The first-order valence-corrected chi connectivity index (χ1v) is 10.5. The number of carboxylic acids is 1. The van der Waals surface area contributed by atoms with Crippen LogP contribution in [-0.4, -0.2) is 57.8 Å². The molecule has 0 fully saturated rings. The Kier molecular flexibility index (Phi) is 11.2. The number of hydrogen-bond acceptors (Lipinski definition) is 6. The summed E-state index contributed by atoms with van der Waals surface area (Å²) >= 11 is 0. The predicted molar refractivity (Wildman–Crippen MR) is 119 cm³/mol. The molecule has 0 spiro atoms. The molecule has 0 radical (unpaired) electrons. The van der Waals surface area contributed by atoms with Gasteiger partial charge in [-0.1, -0.05) is 20.4 Å². The molecule has 0 saturated carbocycles. The first-order valence-electron chi connectivity index (χ1n) is 10.5. The van der Waals surface area contributed by atoms with Crippen molar-refractivity contribution >= 4 is 29.6 Å². The highest BCUT2D eigenvalue weighted by molar-refractivity contribution is 5.95. The molecule has 0 unspecified atom stereocenters. The third-order valence-corrected chi connectivity index (χ3v) is 4.64. The van der Waals surface area contributed by atoms with E-state index in [2.05, 4.69) is 27.5 Å². The summed E-state index contributed by atoms with van der Waals surface area (Å²) < 4.78 is 0. The SMILES string of the molecule is C=CC(=O)N[C@@H](CC(C)C)C(=O)N[C@@H](Cc1ccncc1)C(=O)N[C@@H](CCC(N)=O)C(=O)O. The molecule has 1 heterocycles. The van der Waals surface area contributed by atoms with Crippen molar-refractivity contribution in [2.45, 2.75) is 57.7 Å². The highest BCUT2D eigenvalue weighted by atomic mass is 16.4. The molecule has 0 aromatic carbocycles. The smallest absolute Gasteiger partial charge is 0.326 e. The van der Waals surface area contributed by atoms with Gasteiger partial charge in [0.05, 0.1) is 0 Å². The quantitative estimate of drug-likeness (QED) is 0.235. The summed E-state index contributed by atoms with van der Waals surface area (Å²) in [5.74, 6) is -3.87.